The van der Waals surface area contributed by atoms with Crippen molar-refractivity contribution in [3.8, 4) is 5.75 Å². The fraction of sp³-hybridized carbons (Fsp3) is 0.667. The van der Waals surface area contributed by atoms with E-state index in [1.54, 1.807) is 0 Å². The summed E-state index contributed by atoms with van der Waals surface area (Å²) in [5.41, 5.74) is 1.33. The van der Waals surface area contributed by atoms with Crippen LogP contribution in [0.2, 0.25) is 0 Å². The maximum atomic E-state index is 5.84. The van der Waals surface area contributed by atoms with Gasteiger partial charge in [0.1, 0.15) is 5.75 Å². The molecule has 2 heterocycles. The molecular formula is C18H28N2O. The van der Waals surface area contributed by atoms with Crippen molar-refractivity contribution >= 4 is 0 Å². The number of nitrogens with zero attached hydrogens (tertiary/aromatic N) is 1. The molecule has 116 valence electrons. The van der Waals surface area contributed by atoms with Crippen molar-refractivity contribution in [3.63, 3.8) is 0 Å². The number of rotatable bonds is 4. The first-order chi connectivity index (χ1) is 10.1. The third-order valence-electron chi connectivity index (χ3n) is 5.00. The molecule has 1 fully saturated rings. The number of para-hydroxylation sites is 1. The molecule has 21 heavy (non-hydrogen) atoms. The highest BCUT2D eigenvalue weighted by atomic mass is 16.5. The molecule has 0 aliphatic carbocycles. The van der Waals surface area contributed by atoms with E-state index >= 15 is 0 Å². The normalized spacial score (nSPS) is 29.4. The molecule has 2 aliphatic heterocycles. The van der Waals surface area contributed by atoms with Gasteiger partial charge in [0.05, 0.1) is 6.61 Å². The minimum Gasteiger partial charge on any atom is -0.493 e. The Kier molecular flexibility index (Phi) is 4.51. The fourth-order valence-electron chi connectivity index (χ4n) is 3.60. The average Bonchev–Trinajstić information content (AvgIpc) is 2.95. The summed E-state index contributed by atoms with van der Waals surface area (Å²) >= 11 is 0. The lowest BCUT2D eigenvalue weighted by atomic mass is 9.91. The molecular weight excluding hydrogens is 260 g/mol. The molecule has 0 aromatic heterocycles. The molecule has 0 amide bonds. The van der Waals surface area contributed by atoms with Gasteiger partial charge in [-0.1, -0.05) is 25.1 Å². The highest BCUT2D eigenvalue weighted by molar-refractivity contribution is 5.37. The van der Waals surface area contributed by atoms with Crippen LogP contribution in [0.15, 0.2) is 24.3 Å². The monoisotopic (exact) mass is 288 g/mol. The maximum Gasteiger partial charge on any atom is 0.124 e. The molecule has 0 radical (unpaired) electrons. The van der Waals surface area contributed by atoms with E-state index in [0.717, 1.165) is 24.8 Å². The van der Waals surface area contributed by atoms with Gasteiger partial charge < -0.3 is 15.0 Å². The zero-order valence-electron chi connectivity index (χ0n) is 13.5. The van der Waals surface area contributed by atoms with Gasteiger partial charge in [0.2, 0.25) is 0 Å². The molecule has 3 unspecified atom stereocenters. The van der Waals surface area contributed by atoms with Gasteiger partial charge in [0.15, 0.2) is 0 Å². The van der Waals surface area contributed by atoms with Gasteiger partial charge in [-0.3, -0.25) is 0 Å². The molecule has 2 aliphatic rings. The summed E-state index contributed by atoms with van der Waals surface area (Å²) in [6.07, 6.45) is 1.32. The van der Waals surface area contributed by atoms with Crippen molar-refractivity contribution < 1.29 is 4.74 Å². The van der Waals surface area contributed by atoms with E-state index in [1.807, 2.05) is 0 Å². The van der Waals surface area contributed by atoms with E-state index in [-0.39, 0.29) is 0 Å². The van der Waals surface area contributed by atoms with Gasteiger partial charge in [-0.15, -0.1) is 0 Å². The lowest BCUT2D eigenvalue weighted by Crippen LogP contribution is -2.37. The predicted molar refractivity (Wildman–Crippen MR) is 86.7 cm³/mol. The molecule has 3 nitrogen and oxygen atoms in total. The van der Waals surface area contributed by atoms with Crippen LogP contribution >= 0.6 is 0 Å². The summed E-state index contributed by atoms with van der Waals surface area (Å²) in [5.74, 6) is 2.38. The summed E-state index contributed by atoms with van der Waals surface area (Å²) in [5, 5.41) is 3.82. The molecule has 3 heteroatoms. The molecule has 0 spiro atoms. The third kappa shape index (κ3) is 3.24. The van der Waals surface area contributed by atoms with Crippen LogP contribution in [0.4, 0.5) is 0 Å². The predicted octanol–water partition coefficient (Wildman–Crippen LogP) is 3.08. The topological polar surface area (TPSA) is 24.5 Å². The summed E-state index contributed by atoms with van der Waals surface area (Å²) in [4.78, 5) is 2.59. The van der Waals surface area contributed by atoms with Crippen molar-refractivity contribution in [2.24, 2.45) is 11.8 Å². The van der Waals surface area contributed by atoms with E-state index < -0.39 is 0 Å². The average molecular weight is 288 g/mol. The van der Waals surface area contributed by atoms with Crippen molar-refractivity contribution in [3.05, 3.63) is 29.8 Å². The second-order valence-corrected chi connectivity index (χ2v) is 6.96. The number of hydrogen-bond acceptors (Lipinski definition) is 3. The van der Waals surface area contributed by atoms with Crippen LogP contribution in [0.1, 0.15) is 38.8 Å². The highest BCUT2D eigenvalue weighted by Crippen LogP contribution is 2.35. The molecule has 0 saturated carbocycles. The zero-order valence-corrected chi connectivity index (χ0v) is 13.5. The van der Waals surface area contributed by atoms with Crippen LogP contribution < -0.4 is 10.1 Å². The second kappa shape index (κ2) is 6.37. The third-order valence-corrected chi connectivity index (χ3v) is 5.00. The van der Waals surface area contributed by atoms with Crippen molar-refractivity contribution in [1.82, 2.24) is 10.2 Å². The van der Waals surface area contributed by atoms with Crippen molar-refractivity contribution in [2.45, 2.75) is 39.3 Å². The van der Waals surface area contributed by atoms with Crippen LogP contribution in [0.5, 0.6) is 5.75 Å². The number of nitrogens with one attached hydrogen (secondary N) is 1. The largest absolute Gasteiger partial charge is 0.493 e. The first kappa shape index (κ1) is 14.9. The molecule has 3 rings (SSSR count). The number of hydrogen-bond donors (Lipinski definition) is 1. The number of ether oxygens (including phenoxy) is 1. The molecule has 1 saturated heterocycles. The Labute approximate surface area is 128 Å². The first-order valence-corrected chi connectivity index (χ1v) is 8.34. The molecule has 1 aromatic carbocycles. The summed E-state index contributed by atoms with van der Waals surface area (Å²) < 4.78 is 5.84. The van der Waals surface area contributed by atoms with Crippen LogP contribution in [0.25, 0.3) is 0 Å². The maximum absolute atomic E-state index is 5.84. The number of fused-ring (bicyclic) bond motifs is 1. The Hall–Kier alpha value is -1.06. The Balaban J connectivity index is 1.60. The Morgan fingerprint density at radius 3 is 2.90 bits per heavy atom. The van der Waals surface area contributed by atoms with E-state index in [4.69, 9.17) is 4.74 Å². The summed E-state index contributed by atoms with van der Waals surface area (Å²) in [7, 11) is 0. The molecule has 1 N–H and O–H groups in total. The summed E-state index contributed by atoms with van der Waals surface area (Å²) in [6, 6.07) is 9.58. The minimum absolute atomic E-state index is 0.433. The Morgan fingerprint density at radius 1 is 1.33 bits per heavy atom. The van der Waals surface area contributed by atoms with E-state index in [9.17, 15) is 0 Å². The van der Waals surface area contributed by atoms with Crippen molar-refractivity contribution in [1.29, 1.82) is 0 Å². The SMILES string of the molecule is CC1COc2ccccc2C1NCC1CCN(C(C)C)C1. The standard InChI is InChI=1S/C18H28N2O/c1-13(2)20-9-8-15(11-20)10-19-18-14(3)12-21-17-7-5-4-6-16(17)18/h4-7,13-15,18-19H,8-12H2,1-3H3. The zero-order chi connectivity index (χ0) is 14.8. The highest BCUT2D eigenvalue weighted by Gasteiger charge is 2.29. The molecule has 0 bridgehead atoms. The van der Waals surface area contributed by atoms with Gasteiger partial charge in [0.25, 0.3) is 0 Å². The lowest BCUT2D eigenvalue weighted by Gasteiger charge is -2.33. The lowest BCUT2D eigenvalue weighted by molar-refractivity contribution is 0.184. The van der Waals surface area contributed by atoms with Crippen molar-refractivity contribution in [2.75, 3.05) is 26.2 Å². The van der Waals surface area contributed by atoms with Gasteiger partial charge in [-0.2, -0.15) is 0 Å². The number of likely N-dealkylation sites (tertiary alicyclic amines) is 1. The Bertz CT molecular complexity index is 474. The minimum atomic E-state index is 0.433. The van der Waals surface area contributed by atoms with Gasteiger partial charge in [0, 0.05) is 30.1 Å². The van der Waals surface area contributed by atoms with Crippen LogP contribution in [-0.2, 0) is 0 Å². The van der Waals surface area contributed by atoms with Gasteiger partial charge in [-0.25, -0.2) is 0 Å². The van der Waals surface area contributed by atoms with E-state index in [1.165, 1.54) is 25.1 Å². The Morgan fingerprint density at radius 2 is 2.14 bits per heavy atom. The van der Waals surface area contributed by atoms with Gasteiger partial charge >= 0.3 is 0 Å². The van der Waals surface area contributed by atoms with Gasteiger partial charge in [-0.05, 0) is 45.3 Å². The van der Waals surface area contributed by atoms with Crippen LogP contribution in [0, 0.1) is 11.8 Å². The molecule has 1 aromatic rings. The first-order valence-electron chi connectivity index (χ1n) is 8.34. The smallest absolute Gasteiger partial charge is 0.124 e. The molecule has 3 atom stereocenters. The van der Waals surface area contributed by atoms with Crippen LogP contribution in [0.3, 0.4) is 0 Å². The van der Waals surface area contributed by atoms with E-state index in [2.05, 4.69) is 55.3 Å². The summed E-state index contributed by atoms with van der Waals surface area (Å²) in [6.45, 7) is 11.3. The quantitative estimate of drug-likeness (QED) is 0.921. The fourth-order valence-corrected chi connectivity index (χ4v) is 3.60. The number of benzene rings is 1. The van der Waals surface area contributed by atoms with Crippen LogP contribution in [-0.4, -0.2) is 37.2 Å². The van der Waals surface area contributed by atoms with E-state index in [0.29, 0.717) is 18.0 Å². The second-order valence-electron chi connectivity index (χ2n) is 6.96.